The van der Waals surface area contributed by atoms with Crippen LogP contribution in [-0.4, -0.2) is 142 Å². The van der Waals surface area contributed by atoms with Gasteiger partial charge in [-0.25, -0.2) is 18.0 Å². The number of carbonyl (C=O) groups excluding carboxylic acids is 2. The number of nitro groups is 1. The number of alkyl carbamates (subject to hydrolysis) is 2. The van der Waals surface area contributed by atoms with Crippen molar-refractivity contribution in [2.45, 2.75) is 103 Å². The summed E-state index contributed by atoms with van der Waals surface area (Å²) >= 11 is 0. The SMILES string of the molecule is CC(C)CN(Cc1ccc(N)cc1)C[C@@H](OS(=O)(=O)O)[C@H](Cc1ccccc1)NC(=O)O[C@H]1CCOC1.CC(C)CN(Cc1ccc([N+](=O)[O-])cc1)C[C@@H](OS(=O)(=O)O)[C@H](Cc1ccccc1)NC(=O)O[C@H]1CCOC1. The standard InChI is InChI=1S/C26H35N3O9S.C26H37N3O7S/c1-19(2)15-28(16-21-8-10-22(11-9-21)29(31)32)17-25(38-39(33,34)35)24(14-20-6-4-3-5-7-20)27-26(30)37-23-12-13-36-18-23;1-19(2)15-29(16-21-8-10-22(27)11-9-21)17-25(36-37(31,32)33)24(14-20-6-4-3-5-7-20)28-26(30)35-23-12-13-34-18-23/h3-11,19,23-25H,12-18H2,1-2H3,(H,27,30)(H,33,34,35);3-11,19,23-25H,12-18,27H2,1-2H3,(H,28,30)(H,31,32,33)/t2*23-,24-,25+/m00/s1. The number of amides is 2. The maximum absolute atomic E-state index is 12.8. The highest BCUT2D eigenvalue weighted by Crippen LogP contribution is 2.21. The highest BCUT2D eigenvalue weighted by Gasteiger charge is 2.34. The number of nitrogens with zero attached hydrogens (tertiary/aromatic N) is 3. The highest BCUT2D eigenvalue weighted by molar-refractivity contribution is 7.81. The zero-order valence-electron chi connectivity index (χ0n) is 43.3. The van der Waals surface area contributed by atoms with E-state index in [9.17, 15) is 45.6 Å². The Morgan fingerprint density at radius 3 is 1.34 bits per heavy atom. The molecule has 2 fully saturated rings. The molecule has 0 radical (unpaired) electrons. The van der Waals surface area contributed by atoms with Crippen LogP contribution in [0.3, 0.4) is 0 Å². The van der Waals surface area contributed by atoms with Crippen LogP contribution in [0.2, 0.25) is 0 Å². The fourth-order valence-electron chi connectivity index (χ4n) is 8.75. The van der Waals surface area contributed by atoms with E-state index in [2.05, 4.69) is 24.5 Å². The number of carbonyl (C=O) groups is 2. The molecule has 6 rings (SSSR count). The number of nitro benzene ring substituents is 1. The third kappa shape index (κ3) is 23.6. The fourth-order valence-corrected chi connectivity index (χ4v) is 9.76. The summed E-state index contributed by atoms with van der Waals surface area (Å²) in [5, 5.41) is 16.5. The van der Waals surface area contributed by atoms with E-state index in [1.54, 1.807) is 24.3 Å². The second-order valence-electron chi connectivity index (χ2n) is 19.6. The van der Waals surface area contributed by atoms with Crippen molar-refractivity contribution in [2.24, 2.45) is 11.8 Å². The molecular formula is C52H72N6O16S2. The summed E-state index contributed by atoms with van der Waals surface area (Å²) in [5.41, 5.74) is 9.83. The number of rotatable bonds is 27. The van der Waals surface area contributed by atoms with Crippen molar-refractivity contribution in [3.63, 3.8) is 0 Å². The number of benzene rings is 4. The van der Waals surface area contributed by atoms with Crippen LogP contribution in [0.5, 0.6) is 0 Å². The van der Waals surface area contributed by atoms with E-state index in [-0.39, 0.29) is 56.2 Å². The van der Waals surface area contributed by atoms with Crippen LogP contribution < -0.4 is 16.4 Å². The Labute approximate surface area is 445 Å². The van der Waals surface area contributed by atoms with Crippen LogP contribution in [0.15, 0.2) is 109 Å². The van der Waals surface area contributed by atoms with Crippen molar-refractivity contribution in [3.8, 4) is 0 Å². The Morgan fingerprint density at radius 2 is 1.01 bits per heavy atom. The number of anilines is 1. The molecule has 24 heteroatoms. The average molecular weight is 1100 g/mol. The number of non-ortho nitro benzene ring substituents is 1. The maximum atomic E-state index is 12.8. The molecule has 0 bridgehead atoms. The second-order valence-corrected chi connectivity index (χ2v) is 21.7. The average Bonchev–Trinajstić information content (AvgIpc) is 4.06. The molecule has 22 nitrogen and oxygen atoms in total. The van der Waals surface area contributed by atoms with E-state index < -0.39 is 68.3 Å². The monoisotopic (exact) mass is 1100 g/mol. The first-order valence-electron chi connectivity index (χ1n) is 25.1. The quantitative estimate of drug-likeness (QED) is 0.0186. The largest absolute Gasteiger partial charge is 0.444 e. The highest BCUT2D eigenvalue weighted by atomic mass is 32.3. The lowest BCUT2D eigenvalue weighted by Crippen LogP contribution is -2.52. The van der Waals surface area contributed by atoms with Crippen LogP contribution in [-0.2, 0) is 74.0 Å². The molecule has 76 heavy (non-hydrogen) atoms. The van der Waals surface area contributed by atoms with Gasteiger partial charge in [0.05, 0.1) is 43.4 Å². The van der Waals surface area contributed by atoms with Crippen molar-refractivity contribution in [3.05, 3.63) is 142 Å². The molecule has 0 spiro atoms. The van der Waals surface area contributed by atoms with E-state index in [1.807, 2.05) is 96.4 Å². The lowest BCUT2D eigenvalue weighted by atomic mass is 10.0. The number of ether oxygens (including phenoxy) is 4. The van der Waals surface area contributed by atoms with Crippen molar-refractivity contribution in [2.75, 3.05) is 58.3 Å². The predicted octanol–water partition coefficient (Wildman–Crippen LogP) is 6.41. The van der Waals surface area contributed by atoms with Gasteiger partial charge >= 0.3 is 33.0 Å². The van der Waals surface area contributed by atoms with Crippen LogP contribution >= 0.6 is 0 Å². The Kier molecular flexibility index (Phi) is 24.3. The van der Waals surface area contributed by atoms with Crippen LogP contribution in [0.4, 0.5) is 21.0 Å². The van der Waals surface area contributed by atoms with E-state index in [1.165, 1.54) is 12.1 Å². The van der Waals surface area contributed by atoms with Gasteiger partial charge in [0.25, 0.3) is 5.69 Å². The zero-order valence-corrected chi connectivity index (χ0v) is 44.9. The molecule has 0 aliphatic carbocycles. The van der Waals surface area contributed by atoms with Crippen molar-refractivity contribution in [1.82, 2.24) is 20.4 Å². The first kappa shape index (κ1) is 61.1. The van der Waals surface area contributed by atoms with Crippen LogP contribution in [0, 0.1) is 22.0 Å². The lowest BCUT2D eigenvalue weighted by molar-refractivity contribution is -0.384. The maximum Gasteiger partial charge on any atom is 0.407 e. The lowest BCUT2D eigenvalue weighted by Gasteiger charge is -2.33. The number of hydrogen-bond acceptors (Lipinski definition) is 17. The molecule has 2 aliphatic heterocycles. The first-order chi connectivity index (χ1) is 36.0. The van der Waals surface area contributed by atoms with Gasteiger partial charge in [0, 0.05) is 69.9 Å². The van der Waals surface area contributed by atoms with E-state index >= 15 is 0 Å². The van der Waals surface area contributed by atoms with Crippen molar-refractivity contribution >= 4 is 44.4 Å². The van der Waals surface area contributed by atoms with Crippen LogP contribution in [0.25, 0.3) is 0 Å². The van der Waals surface area contributed by atoms with Gasteiger partial charge in [-0.1, -0.05) is 113 Å². The van der Waals surface area contributed by atoms with Gasteiger partial charge in [0.2, 0.25) is 0 Å². The van der Waals surface area contributed by atoms with Gasteiger partial charge in [-0.05, 0) is 59.1 Å². The summed E-state index contributed by atoms with van der Waals surface area (Å²) < 4.78 is 98.7. The van der Waals surface area contributed by atoms with Gasteiger partial charge in [-0.15, -0.1) is 0 Å². The summed E-state index contributed by atoms with van der Waals surface area (Å²) in [7, 11) is -9.72. The molecule has 2 saturated heterocycles. The third-order valence-corrected chi connectivity index (χ3v) is 13.0. The Bertz CT molecular complexity index is 2610. The minimum absolute atomic E-state index is 0.0132. The normalized spacial score (nSPS) is 17.4. The number of hydrogen-bond donors (Lipinski definition) is 5. The molecule has 2 aliphatic rings. The molecule has 2 amide bonds. The molecule has 0 saturated carbocycles. The molecule has 2 heterocycles. The van der Waals surface area contributed by atoms with Gasteiger partial charge in [0.1, 0.15) is 24.4 Å². The molecule has 0 aromatic heterocycles. The fraction of sp³-hybridized carbons (Fsp3) is 0.500. The van der Waals surface area contributed by atoms with E-state index in [0.717, 1.165) is 22.3 Å². The molecule has 418 valence electrons. The molecular weight excluding hydrogens is 1030 g/mol. The van der Waals surface area contributed by atoms with E-state index in [0.29, 0.717) is 64.5 Å². The second kappa shape index (κ2) is 30.2. The Morgan fingerprint density at radius 1 is 0.632 bits per heavy atom. The predicted molar refractivity (Wildman–Crippen MR) is 283 cm³/mol. The van der Waals surface area contributed by atoms with Crippen molar-refractivity contribution in [1.29, 1.82) is 0 Å². The number of nitrogen functional groups attached to an aromatic ring is 1. The Balaban J connectivity index is 0.000000281. The van der Waals surface area contributed by atoms with Crippen molar-refractivity contribution < 1.29 is 67.8 Å². The summed E-state index contributed by atoms with van der Waals surface area (Å²) in [6.45, 7) is 11.7. The minimum Gasteiger partial charge on any atom is -0.444 e. The summed E-state index contributed by atoms with van der Waals surface area (Å²) in [6.07, 6.45) is -2.93. The molecule has 6 N–H and O–H groups in total. The zero-order chi connectivity index (χ0) is 55.3. The first-order valence-corrected chi connectivity index (χ1v) is 27.8. The molecule has 0 unspecified atom stereocenters. The van der Waals surface area contributed by atoms with Gasteiger partial charge < -0.3 is 35.3 Å². The summed E-state index contributed by atoms with van der Waals surface area (Å²) in [6, 6.07) is 30.2. The molecule has 4 aromatic carbocycles. The Hall–Kier alpha value is -5.80. The summed E-state index contributed by atoms with van der Waals surface area (Å²) in [5.74, 6) is 0.426. The van der Waals surface area contributed by atoms with Crippen LogP contribution in [0.1, 0.15) is 62.8 Å². The topological polar surface area (TPSA) is 298 Å². The molecule has 4 aromatic rings. The third-order valence-electron chi connectivity index (χ3n) is 12.0. The van der Waals surface area contributed by atoms with E-state index in [4.69, 9.17) is 33.0 Å². The number of nitrogens with one attached hydrogen (secondary N) is 2. The number of nitrogens with two attached hydrogens (primary N) is 1. The summed E-state index contributed by atoms with van der Waals surface area (Å²) in [4.78, 5) is 40.0. The van der Waals surface area contributed by atoms with Gasteiger partial charge in [0.15, 0.2) is 0 Å². The smallest absolute Gasteiger partial charge is 0.407 e. The van der Waals surface area contributed by atoms with Gasteiger partial charge in [-0.3, -0.25) is 29.0 Å². The molecule has 6 atom stereocenters. The van der Waals surface area contributed by atoms with Gasteiger partial charge in [-0.2, -0.15) is 16.8 Å². The minimum atomic E-state index is -4.89.